The zero-order valence-electron chi connectivity index (χ0n) is 6.39. The molecule has 0 saturated carbocycles. The first-order valence-corrected chi connectivity index (χ1v) is 3.00. The Bertz CT molecular complexity index is 97.7. The summed E-state index contributed by atoms with van der Waals surface area (Å²) in [7, 11) is 0. The van der Waals surface area contributed by atoms with Crippen molar-refractivity contribution in [3.8, 4) is 0 Å². The number of rotatable bonds is 4. The van der Waals surface area contributed by atoms with E-state index >= 15 is 0 Å². The minimum atomic E-state index is -1.31. The Morgan fingerprint density at radius 1 is 1.70 bits per heavy atom. The molecule has 1 atom stereocenters. The molecule has 0 N–H and O–H groups in total. The molecule has 1 unspecified atom stereocenters. The van der Waals surface area contributed by atoms with Gasteiger partial charge in [-0.15, -0.1) is 0 Å². The number of hydrogen-bond acceptors (Lipinski definition) is 2. The fraction of sp³-hybridized carbons (Fsp3) is 0.833. The molecule has 0 aliphatic carbocycles. The Hall–Kier alpha value is 1.04. The van der Waals surface area contributed by atoms with Gasteiger partial charge in [0.25, 0.3) is 0 Å². The molecule has 0 aliphatic rings. The van der Waals surface area contributed by atoms with Crippen LogP contribution in [-0.2, 0) is 4.79 Å². The molecule has 0 bridgehead atoms. The SMILES string of the molecule is CCCC(F)CC(=O)[O-].[K+]. The molecule has 4 heteroatoms. The van der Waals surface area contributed by atoms with E-state index in [1.165, 1.54) is 0 Å². The van der Waals surface area contributed by atoms with E-state index < -0.39 is 18.6 Å². The van der Waals surface area contributed by atoms with Crippen LogP contribution in [0.5, 0.6) is 0 Å². The van der Waals surface area contributed by atoms with Gasteiger partial charge in [-0.1, -0.05) is 13.3 Å². The van der Waals surface area contributed by atoms with Crippen LogP contribution in [0.25, 0.3) is 0 Å². The molecule has 10 heavy (non-hydrogen) atoms. The maximum absolute atomic E-state index is 12.2. The minimum Gasteiger partial charge on any atom is -0.550 e. The Labute approximate surface area is 103 Å². The van der Waals surface area contributed by atoms with E-state index in [0.717, 1.165) is 0 Å². The summed E-state index contributed by atoms with van der Waals surface area (Å²) in [5.74, 6) is -1.31. The van der Waals surface area contributed by atoms with Gasteiger partial charge in [0.2, 0.25) is 0 Å². The Morgan fingerprint density at radius 2 is 2.20 bits per heavy atom. The van der Waals surface area contributed by atoms with Gasteiger partial charge in [-0.05, 0) is 6.42 Å². The number of aliphatic carboxylic acids is 1. The van der Waals surface area contributed by atoms with Gasteiger partial charge >= 0.3 is 51.4 Å². The number of carboxylic acids is 1. The molecule has 2 nitrogen and oxygen atoms in total. The zero-order chi connectivity index (χ0) is 7.28. The van der Waals surface area contributed by atoms with Crippen LogP contribution in [0.2, 0.25) is 0 Å². The number of carbonyl (C=O) groups is 1. The van der Waals surface area contributed by atoms with Gasteiger partial charge in [0.15, 0.2) is 0 Å². The number of halogens is 1. The summed E-state index contributed by atoms with van der Waals surface area (Å²) in [6, 6.07) is 0. The number of alkyl halides is 1. The first-order chi connectivity index (χ1) is 4.16. The van der Waals surface area contributed by atoms with Crippen molar-refractivity contribution in [2.45, 2.75) is 32.4 Å². The quantitative estimate of drug-likeness (QED) is 0.432. The van der Waals surface area contributed by atoms with Crippen molar-refractivity contribution < 1.29 is 65.7 Å². The summed E-state index contributed by atoms with van der Waals surface area (Å²) in [6.45, 7) is 1.81. The number of carboxylic acid groups (broad SMARTS) is 1. The van der Waals surface area contributed by atoms with Gasteiger partial charge < -0.3 is 9.90 Å². The second-order valence-electron chi connectivity index (χ2n) is 1.96. The summed E-state index contributed by atoms with van der Waals surface area (Å²) in [5.41, 5.74) is 0. The number of carbonyl (C=O) groups excluding carboxylic acids is 1. The van der Waals surface area contributed by atoms with Crippen molar-refractivity contribution in [3.63, 3.8) is 0 Å². The van der Waals surface area contributed by atoms with E-state index in [1.807, 2.05) is 6.92 Å². The monoisotopic (exact) mass is 172 g/mol. The van der Waals surface area contributed by atoms with Gasteiger partial charge in [-0.25, -0.2) is 4.39 Å². The van der Waals surface area contributed by atoms with E-state index in [-0.39, 0.29) is 51.4 Å². The Kier molecular flexibility index (Phi) is 11.1. The van der Waals surface area contributed by atoms with Crippen molar-refractivity contribution in [1.82, 2.24) is 0 Å². The molecule has 0 spiro atoms. The van der Waals surface area contributed by atoms with Crippen LogP contribution < -0.4 is 56.5 Å². The Morgan fingerprint density at radius 3 is 2.50 bits per heavy atom. The molecule has 0 rings (SSSR count). The third-order valence-electron chi connectivity index (χ3n) is 0.990. The van der Waals surface area contributed by atoms with Crippen molar-refractivity contribution >= 4 is 5.97 Å². The zero-order valence-corrected chi connectivity index (χ0v) is 9.52. The second-order valence-corrected chi connectivity index (χ2v) is 1.96. The molecule has 0 radical (unpaired) electrons. The standard InChI is InChI=1S/C6H11FO2.K/c1-2-3-5(7)4-6(8)9;/h5H,2-4H2,1H3,(H,8,9);/q;+1/p-1. The molecule has 0 fully saturated rings. The molecule has 0 aromatic rings. The maximum Gasteiger partial charge on any atom is 1.00 e. The predicted octanol–water partition coefficient (Wildman–Crippen LogP) is -2.73. The predicted molar refractivity (Wildman–Crippen MR) is 29.4 cm³/mol. The van der Waals surface area contributed by atoms with Crippen LogP contribution in [0.1, 0.15) is 26.2 Å². The Balaban J connectivity index is 0. The van der Waals surface area contributed by atoms with E-state index in [0.29, 0.717) is 12.8 Å². The van der Waals surface area contributed by atoms with E-state index in [1.54, 1.807) is 0 Å². The largest absolute Gasteiger partial charge is 1.00 e. The molecular formula is C6H10FKO2. The normalized spacial score (nSPS) is 11.8. The van der Waals surface area contributed by atoms with Gasteiger partial charge in [0.05, 0.1) is 0 Å². The van der Waals surface area contributed by atoms with E-state index in [2.05, 4.69) is 0 Å². The van der Waals surface area contributed by atoms with E-state index in [9.17, 15) is 14.3 Å². The average Bonchev–Trinajstić information content (AvgIpc) is 1.63. The third kappa shape index (κ3) is 9.04. The molecule has 54 valence electrons. The third-order valence-corrected chi connectivity index (χ3v) is 0.990. The van der Waals surface area contributed by atoms with Gasteiger partial charge in [-0.3, -0.25) is 0 Å². The van der Waals surface area contributed by atoms with Gasteiger partial charge in [0.1, 0.15) is 6.17 Å². The number of hydrogen-bond donors (Lipinski definition) is 0. The fourth-order valence-corrected chi connectivity index (χ4v) is 0.596. The molecule has 0 amide bonds. The van der Waals surface area contributed by atoms with Crippen LogP contribution in [0.4, 0.5) is 4.39 Å². The summed E-state index contributed by atoms with van der Waals surface area (Å²) in [6.07, 6.45) is -0.698. The topological polar surface area (TPSA) is 40.1 Å². The van der Waals surface area contributed by atoms with Gasteiger partial charge in [-0.2, -0.15) is 0 Å². The van der Waals surface area contributed by atoms with Crippen molar-refractivity contribution in [1.29, 1.82) is 0 Å². The maximum atomic E-state index is 12.2. The van der Waals surface area contributed by atoms with E-state index in [4.69, 9.17) is 0 Å². The van der Waals surface area contributed by atoms with Crippen molar-refractivity contribution in [2.24, 2.45) is 0 Å². The average molecular weight is 172 g/mol. The molecule has 0 heterocycles. The molecule has 0 saturated heterocycles. The summed E-state index contributed by atoms with van der Waals surface area (Å²) in [4.78, 5) is 9.73. The van der Waals surface area contributed by atoms with Crippen LogP contribution in [0.3, 0.4) is 0 Å². The summed E-state index contributed by atoms with van der Waals surface area (Å²) in [5, 5.41) is 9.73. The van der Waals surface area contributed by atoms with Crippen LogP contribution in [0, 0.1) is 0 Å². The molecule has 0 aliphatic heterocycles. The van der Waals surface area contributed by atoms with Crippen LogP contribution in [-0.4, -0.2) is 12.1 Å². The molecule has 0 aromatic carbocycles. The summed E-state index contributed by atoms with van der Waals surface area (Å²) < 4.78 is 12.2. The molecule has 0 aromatic heterocycles. The minimum absolute atomic E-state index is 0. The van der Waals surface area contributed by atoms with Crippen molar-refractivity contribution in [2.75, 3.05) is 0 Å². The second kappa shape index (κ2) is 8.14. The van der Waals surface area contributed by atoms with Crippen LogP contribution >= 0.6 is 0 Å². The fourth-order valence-electron chi connectivity index (χ4n) is 0.596. The first kappa shape index (κ1) is 13.6. The smallest absolute Gasteiger partial charge is 0.550 e. The van der Waals surface area contributed by atoms with Gasteiger partial charge in [0, 0.05) is 12.4 Å². The summed E-state index contributed by atoms with van der Waals surface area (Å²) >= 11 is 0. The van der Waals surface area contributed by atoms with Crippen molar-refractivity contribution in [3.05, 3.63) is 0 Å². The first-order valence-electron chi connectivity index (χ1n) is 3.00. The van der Waals surface area contributed by atoms with Crippen LogP contribution in [0.15, 0.2) is 0 Å². The molecular weight excluding hydrogens is 162 g/mol.